The third kappa shape index (κ3) is 6.50. The molecule has 0 aliphatic carbocycles. The number of fused-ring (bicyclic) bond motifs is 1. The number of benzene rings is 1. The molecule has 1 aliphatic rings. The number of carbonyl (C=O) groups is 3. The SMILES string of the molecule is Cc1cc(Cl)ccc1NC(=O)C(=S)NCC(NC(=O)c1nc2c(s1)CN(C)CC2)C(=O)N(C)C. The van der Waals surface area contributed by atoms with E-state index in [9.17, 15) is 14.4 Å². The van der Waals surface area contributed by atoms with Gasteiger partial charge in [0.25, 0.3) is 11.8 Å². The van der Waals surface area contributed by atoms with Crippen LogP contribution in [-0.4, -0.2) is 77.8 Å². The first-order chi connectivity index (χ1) is 16.0. The number of thiazole rings is 1. The second-order valence-electron chi connectivity index (χ2n) is 8.26. The molecule has 3 rings (SSSR count). The average molecular weight is 523 g/mol. The van der Waals surface area contributed by atoms with Crippen molar-refractivity contribution in [2.45, 2.75) is 25.9 Å². The van der Waals surface area contributed by atoms with Gasteiger partial charge in [0.1, 0.15) is 6.04 Å². The van der Waals surface area contributed by atoms with Crippen LogP contribution in [0.3, 0.4) is 0 Å². The largest absolute Gasteiger partial charge is 0.369 e. The molecule has 0 radical (unpaired) electrons. The highest BCUT2D eigenvalue weighted by Gasteiger charge is 2.27. The first kappa shape index (κ1) is 26.0. The number of aryl methyl sites for hydroxylation is 1. The minimum absolute atomic E-state index is 0.0531. The molecule has 182 valence electrons. The molecule has 3 amide bonds. The molecule has 1 aromatic heterocycles. The predicted octanol–water partition coefficient (Wildman–Crippen LogP) is 1.84. The van der Waals surface area contributed by atoms with Crippen molar-refractivity contribution in [3.05, 3.63) is 44.4 Å². The fourth-order valence-corrected chi connectivity index (χ4v) is 4.83. The number of anilines is 1. The second-order valence-corrected chi connectivity index (χ2v) is 10.2. The maximum Gasteiger partial charge on any atom is 0.283 e. The predicted molar refractivity (Wildman–Crippen MR) is 138 cm³/mol. The zero-order valence-electron chi connectivity index (χ0n) is 19.4. The topological polar surface area (TPSA) is 107 Å². The van der Waals surface area contributed by atoms with Gasteiger partial charge in [0.05, 0.1) is 5.69 Å². The summed E-state index contributed by atoms with van der Waals surface area (Å²) in [5, 5.41) is 9.11. The van der Waals surface area contributed by atoms with Gasteiger partial charge in [-0.05, 0) is 37.7 Å². The Balaban J connectivity index is 1.63. The van der Waals surface area contributed by atoms with Crippen molar-refractivity contribution < 1.29 is 14.4 Å². The van der Waals surface area contributed by atoms with E-state index in [0.717, 1.165) is 35.6 Å². The molecular formula is C22H27ClN6O3S2. The van der Waals surface area contributed by atoms with Gasteiger partial charge in [0.2, 0.25) is 5.91 Å². The van der Waals surface area contributed by atoms with Crippen LogP contribution in [0.5, 0.6) is 0 Å². The van der Waals surface area contributed by atoms with E-state index in [4.69, 9.17) is 23.8 Å². The molecule has 0 bridgehead atoms. The number of hydrogen-bond donors (Lipinski definition) is 3. The van der Waals surface area contributed by atoms with Crippen LogP contribution in [-0.2, 0) is 22.6 Å². The molecule has 0 saturated carbocycles. The summed E-state index contributed by atoms with van der Waals surface area (Å²) in [6, 6.07) is 4.14. The molecule has 3 N–H and O–H groups in total. The Morgan fingerprint density at radius 3 is 2.74 bits per heavy atom. The van der Waals surface area contributed by atoms with Crippen LogP contribution in [0, 0.1) is 6.92 Å². The van der Waals surface area contributed by atoms with E-state index in [0.29, 0.717) is 15.7 Å². The Labute approximate surface area is 212 Å². The summed E-state index contributed by atoms with van der Waals surface area (Å²) < 4.78 is 0. The summed E-state index contributed by atoms with van der Waals surface area (Å²) in [6.07, 6.45) is 0.785. The molecule has 0 spiro atoms. The zero-order chi connectivity index (χ0) is 25.0. The van der Waals surface area contributed by atoms with Gasteiger partial charge in [-0.2, -0.15) is 0 Å². The summed E-state index contributed by atoms with van der Waals surface area (Å²) in [6.45, 7) is 3.40. The Kier molecular flexibility index (Phi) is 8.58. The fourth-order valence-electron chi connectivity index (χ4n) is 3.37. The van der Waals surface area contributed by atoms with Crippen LogP contribution in [0.15, 0.2) is 18.2 Å². The number of nitrogens with one attached hydrogen (secondary N) is 3. The fraction of sp³-hybridized carbons (Fsp3) is 0.409. The van der Waals surface area contributed by atoms with Gasteiger partial charge >= 0.3 is 0 Å². The number of thiocarbonyl (C=S) groups is 1. The van der Waals surface area contributed by atoms with Crippen molar-refractivity contribution in [3.8, 4) is 0 Å². The number of hydrogen-bond acceptors (Lipinski definition) is 7. The lowest BCUT2D eigenvalue weighted by atomic mass is 10.2. The van der Waals surface area contributed by atoms with E-state index in [1.807, 2.05) is 14.0 Å². The second kappa shape index (κ2) is 11.2. The summed E-state index contributed by atoms with van der Waals surface area (Å²) >= 11 is 12.5. The lowest BCUT2D eigenvalue weighted by Crippen LogP contribution is -2.53. The Hall–Kier alpha value is -2.60. The first-order valence-electron chi connectivity index (χ1n) is 10.6. The Morgan fingerprint density at radius 1 is 1.32 bits per heavy atom. The quantitative estimate of drug-likeness (QED) is 0.497. The first-order valence-corrected chi connectivity index (χ1v) is 12.2. The number of halogens is 1. The molecule has 0 saturated heterocycles. The third-order valence-electron chi connectivity index (χ3n) is 5.27. The molecule has 9 nitrogen and oxygen atoms in total. The zero-order valence-corrected chi connectivity index (χ0v) is 21.8. The maximum atomic E-state index is 12.9. The molecule has 2 heterocycles. The van der Waals surface area contributed by atoms with Crippen molar-refractivity contribution in [2.24, 2.45) is 0 Å². The smallest absolute Gasteiger partial charge is 0.283 e. The molecule has 12 heteroatoms. The van der Waals surface area contributed by atoms with Gasteiger partial charge < -0.3 is 25.8 Å². The minimum atomic E-state index is -0.936. The van der Waals surface area contributed by atoms with E-state index < -0.39 is 17.9 Å². The normalized spacial score (nSPS) is 14.0. The van der Waals surface area contributed by atoms with Crippen molar-refractivity contribution in [1.29, 1.82) is 0 Å². The van der Waals surface area contributed by atoms with Crippen molar-refractivity contribution in [2.75, 3.05) is 39.5 Å². The van der Waals surface area contributed by atoms with Crippen LogP contribution < -0.4 is 16.0 Å². The van der Waals surface area contributed by atoms with Crippen molar-refractivity contribution >= 4 is 63.6 Å². The third-order valence-corrected chi connectivity index (χ3v) is 6.92. The van der Waals surface area contributed by atoms with Crippen molar-refractivity contribution in [1.82, 2.24) is 25.4 Å². The maximum absolute atomic E-state index is 12.9. The lowest BCUT2D eigenvalue weighted by molar-refractivity contribution is -0.130. The van der Waals surface area contributed by atoms with Crippen LogP contribution in [0.1, 0.15) is 25.9 Å². The van der Waals surface area contributed by atoms with E-state index in [-0.39, 0.29) is 17.4 Å². The highest BCUT2D eigenvalue weighted by molar-refractivity contribution is 7.82. The van der Waals surface area contributed by atoms with E-state index in [1.165, 1.54) is 16.2 Å². The summed E-state index contributed by atoms with van der Waals surface area (Å²) in [7, 11) is 5.20. The Morgan fingerprint density at radius 2 is 2.06 bits per heavy atom. The van der Waals surface area contributed by atoms with Crippen LogP contribution in [0.4, 0.5) is 5.69 Å². The summed E-state index contributed by atoms with van der Waals surface area (Å²) in [4.78, 5) is 47.0. The van der Waals surface area contributed by atoms with Crippen LogP contribution >= 0.6 is 35.2 Å². The molecule has 34 heavy (non-hydrogen) atoms. The number of aromatic nitrogens is 1. The molecule has 0 fully saturated rings. The number of rotatable bonds is 6. The van der Waals surface area contributed by atoms with Gasteiger partial charge in [-0.3, -0.25) is 14.4 Å². The van der Waals surface area contributed by atoms with Crippen LogP contribution in [0.25, 0.3) is 0 Å². The number of carbonyl (C=O) groups excluding carboxylic acids is 3. The van der Waals surface area contributed by atoms with E-state index >= 15 is 0 Å². The van der Waals surface area contributed by atoms with Crippen LogP contribution in [0.2, 0.25) is 5.02 Å². The van der Waals surface area contributed by atoms with Crippen molar-refractivity contribution in [3.63, 3.8) is 0 Å². The standard InChI is InChI=1S/C22H27ClN6O3S2/c1-12-9-13(23)5-6-14(12)25-18(30)20(33)24-10-16(22(32)28(2)3)26-19(31)21-27-15-7-8-29(4)11-17(15)34-21/h5-6,9,16H,7-8,10-11H2,1-4H3,(H,24,33)(H,25,30)(H,26,31). The number of amides is 3. The van der Waals surface area contributed by atoms with Gasteiger partial charge in [-0.25, -0.2) is 4.98 Å². The molecule has 1 atom stereocenters. The van der Waals surface area contributed by atoms with Gasteiger partial charge in [-0.1, -0.05) is 23.8 Å². The summed E-state index contributed by atoms with van der Waals surface area (Å²) in [5.74, 6) is -1.30. The number of nitrogens with zero attached hydrogens (tertiary/aromatic N) is 3. The average Bonchev–Trinajstić information content (AvgIpc) is 3.20. The molecule has 1 aromatic carbocycles. The van der Waals surface area contributed by atoms with E-state index in [2.05, 4.69) is 25.8 Å². The molecule has 1 aliphatic heterocycles. The lowest BCUT2D eigenvalue weighted by Gasteiger charge is -2.22. The van der Waals surface area contributed by atoms with E-state index in [1.54, 1.807) is 32.3 Å². The summed E-state index contributed by atoms with van der Waals surface area (Å²) in [5.41, 5.74) is 2.29. The highest BCUT2D eigenvalue weighted by atomic mass is 35.5. The minimum Gasteiger partial charge on any atom is -0.369 e. The molecule has 1 unspecified atom stereocenters. The number of likely N-dealkylation sites (N-methyl/N-ethyl adjacent to an activating group) is 2. The molecular weight excluding hydrogens is 496 g/mol. The Bertz CT molecular complexity index is 1120. The monoisotopic (exact) mass is 522 g/mol. The van der Waals surface area contributed by atoms with Gasteiger partial charge in [-0.15, -0.1) is 11.3 Å². The van der Waals surface area contributed by atoms with Gasteiger partial charge in [0, 0.05) is 55.7 Å². The highest BCUT2D eigenvalue weighted by Crippen LogP contribution is 2.24. The molecule has 2 aromatic rings. The van der Waals surface area contributed by atoms with Gasteiger partial charge in [0.15, 0.2) is 10.00 Å².